The monoisotopic (exact) mass is 1010 g/mol. The Morgan fingerprint density at radius 1 is 0.187 bits per heavy atom. The highest BCUT2D eigenvalue weighted by Crippen LogP contribution is 2.35. The van der Waals surface area contributed by atoms with Gasteiger partial charge in [0.2, 0.25) is 0 Å². The second-order valence-corrected chi connectivity index (χ2v) is 32.0. The number of fused-ring (bicyclic) bond motifs is 1. The fourth-order valence-corrected chi connectivity index (χ4v) is 8.87. The van der Waals surface area contributed by atoms with E-state index in [0.29, 0.717) is 0 Å². The molecule has 0 amide bonds. The van der Waals surface area contributed by atoms with E-state index in [1.807, 2.05) is 0 Å². The van der Waals surface area contributed by atoms with Gasteiger partial charge in [0.25, 0.3) is 0 Å². The van der Waals surface area contributed by atoms with Crippen molar-refractivity contribution in [1.29, 1.82) is 0 Å². The molecule has 0 spiro atoms. The zero-order valence-corrected chi connectivity index (χ0v) is 54.6. The smallest absolute Gasteiger partial charge is 0.0129 e. The Kier molecular flexibility index (Phi) is 21.8. The molecule has 0 nitrogen and oxygen atoms in total. The molecule has 0 heterocycles. The van der Waals surface area contributed by atoms with Gasteiger partial charge in [-0.2, -0.15) is 0 Å². The quantitative estimate of drug-likeness (QED) is 0.142. The van der Waals surface area contributed by atoms with Crippen LogP contribution < -0.4 is 0 Å². The standard InChI is InChI=1S/C18H24.C15H24.3C14H22/c1-17(2,3)15-9-7-13-8-10-16(18(4,5)6)12-14(13)11-15;1-11-10-12(14(2,3)4)8-9-13(11)15(5,6)7;1-13(2,3)11-7-9-12(10-8-11)14(4,5)6;1-13(2,3)11-8-7-9-12(10-11)14(4,5)6;1-13(2,3)11-9-7-8-10-12(11)14(4,5)6/h7-12H,1-6H3;8-10H,1-7H3;3*7-10H,1-6H3. The van der Waals surface area contributed by atoms with Crippen LogP contribution in [0.2, 0.25) is 0 Å². The lowest BCUT2D eigenvalue weighted by Crippen LogP contribution is -2.21. The van der Waals surface area contributed by atoms with E-state index < -0.39 is 0 Å². The van der Waals surface area contributed by atoms with Crippen molar-refractivity contribution >= 4 is 10.8 Å². The largest absolute Gasteiger partial charge is 0.0620 e. The normalized spacial score (nSPS) is 13.0. The van der Waals surface area contributed by atoms with Crippen molar-refractivity contribution in [2.24, 2.45) is 0 Å². The summed E-state index contributed by atoms with van der Waals surface area (Å²) in [5.41, 5.74) is 18.1. The molecule has 0 aromatic heterocycles. The minimum atomic E-state index is 0.214. The summed E-state index contributed by atoms with van der Waals surface area (Å²) in [6, 6.07) is 47.3. The Hall–Kier alpha value is -4.42. The Morgan fingerprint density at radius 2 is 0.440 bits per heavy atom. The SMILES string of the molecule is CC(C)(C)c1ccc(C(C)(C)C)cc1.CC(C)(C)c1ccc2ccc(C(C)(C)C)cc2c1.CC(C)(C)c1cccc(C(C)(C)C)c1.CC(C)(C)c1ccccc1C(C)(C)C.Cc1cc(C(C)(C)C)ccc1C(C)(C)C. The second kappa shape index (κ2) is 24.5. The number of hydrogen-bond acceptors (Lipinski definition) is 0. The van der Waals surface area contributed by atoms with E-state index in [4.69, 9.17) is 0 Å². The molecule has 0 fully saturated rings. The summed E-state index contributed by atoms with van der Waals surface area (Å²) in [6.07, 6.45) is 0. The van der Waals surface area contributed by atoms with Crippen molar-refractivity contribution in [2.75, 3.05) is 0 Å². The van der Waals surface area contributed by atoms with Gasteiger partial charge in [0.15, 0.2) is 0 Å². The molecule has 6 aromatic carbocycles. The van der Waals surface area contributed by atoms with Crippen LogP contribution in [0.1, 0.15) is 269 Å². The molecule has 75 heavy (non-hydrogen) atoms. The molecule has 0 N–H and O–H groups in total. The molecule has 0 aliphatic heterocycles. The third-order valence-electron chi connectivity index (χ3n) is 14.2. The molecule has 0 heteroatoms. The first-order chi connectivity index (χ1) is 33.4. The van der Waals surface area contributed by atoms with Crippen LogP contribution in [0.5, 0.6) is 0 Å². The average Bonchev–Trinajstić information content (AvgIpc) is 3.24. The highest BCUT2D eigenvalue weighted by atomic mass is 14.3. The van der Waals surface area contributed by atoms with Crippen LogP contribution in [0.4, 0.5) is 0 Å². The minimum absolute atomic E-state index is 0.214. The summed E-state index contributed by atoms with van der Waals surface area (Å²) in [5, 5.41) is 2.69. The zero-order chi connectivity index (χ0) is 58.4. The lowest BCUT2D eigenvalue weighted by molar-refractivity contribution is 0.530. The minimum Gasteiger partial charge on any atom is -0.0620 e. The zero-order valence-electron chi connectivity index (χ0n) is 54.6. The number of benzene rings is 6. The van der Waals surface area contributed by atoms with Gasteiger partial charge in [-0.05, 0) is 133 Å². The van der Waals surface area contributed by atoms with E-state index in [1.165, 1.54) is 72.0 Å². The number of aryl methyl sites for hydroxylation is 1. The van der Waals surface area contributed by atoms with Gasteiger partial charge >= 0.3 is 0 Å². The molecule has 0 atom stereocenters. The molecule has 414 valence electrons. The molecule has 0 aliphatic rings. The van der Waals surface area contributed by atoms with Crippen molar-refractivity contribution in [3.05, 3.63) is 189 Å². The van der Waals surface area contributed by atoms with Crippen LogP contribution in [-0.2, 0) is 54.1 Å². The Balaban J connectivity index is 0.000000322. The van der Waals surface area contributed by atoms with Crippen molar-refractivity contribution in [3.8, 4) is 0 Å². The van der Waals surface area contributed by atoms with Crippen LogP contribution in [-0.4, -0.2) is 0 Å². The van der Waals surface area contributed by atoms with E-state index in [0.717, 1.165) is 0 Å². The van der Waals surface area contributed by atoms with E-state index in [-0.39, 0.29) is 54.1 Å². The molecule has 0 unspecified atom stereocenters. The molecule has 0 radical (unpaired) electrons. The first kappa shape index (κ1) is 66.7. The highest BCUT2D eigenvalue weighted by Gasteiger charge is 2.25. The molecule has 0 aliphatic carbocycles. The second-order valence-electron chi connectivity index (χ2n) is 32.0. The topological polar surface area (TPSA) is 0 Å². The van der Waals surface area contributed by atoms with Gasteiger partial charge in [-0.25, -0.2) is 0 Å². The van der Waals surface area contributed by atoms with Crippen molar-refractivity contribution in [3.63, 3.8) is 0 Å². The molecule has 6 aromatic rings. The number of hydrogen-bond donors (Lipinski definition) is 0. The van der Waals surface area contributed by atoms with Gasteiger partial charge in [-0.1, -0.05) is 335 Å². The van der Waals surface area contributed by atoms with E-state index >= 15 is 0 Å². The van der Waals surface area contributed by atoms with Gasteiger partial charge in [-0.15, -0.1) is 0 Å². The Morgan fingerprint density at radius 3 is 0.707 bits per heavy atom. The van der Waals surface area contributed by atoms with Crippen molar-refractivity contribution in [1.82, 2.24) is 0 Å². The van der Waals surface area contributed by atoms with Gasteiger partial charge < -0.3 is 0 Å². The van der Waals surface area contributed by atoms with Crippen LogP contribution in [0.15, 0.2) is 127 Å². The first-order valence-electron chi connectivity index (χ1n) is 28.4. The van der Waals surface area contributed by atoms with Crippen LogP contribution in [0.25, 0.3) is 10.8 Å². The van der Waals surface area contributed by atoms with Crippen LogP contribution in [0.3, 0.4) is 0 Å². The highest BCUT2D eigenvalue weighted by molar-refractivity contribution is 5.84. The van der Waals surface area contributed by atoms with Crippen molar-refractivity contribution < 1.29 is 0 Å². The predicted molar refractivity (Wildman–Crippen MR) is 341 cm³/mol. The van der Waals surface area contributed by atoms with Gasteiger partial charge in [0.05, 0.1) is 0 Å². The lowest BCUT2D eigenvalue weighted by atomic mass is 9.75. The maximum absolute atomic E-state index is 2.34. The summed E-state index contributed by atoms with van der Waals surface area (Å²) in [5.74, 6) is 0. The summed E-state index contributed by atoms with van der Waals surface area (Å²) in [4.78, 5) is 0. The lowest BCUT2D eigenvalue weighted by Gasteiger charge is -2.29. The fourth-order valence-electron chi connectivity index (χ4n) is 8.87. The van der Waals surface area contributed by atoms with Gasteiger partial charge in [0.1, 0.15) is 0 Å². The average molecular weight is 1020 g/mol. The summed E-state index contributed by atoms with van der Waals surface area (Å²) in [7, 11) is 0. The predicted octanol–water partition coefficient (Wildman–Crippen LogP) is 22.9. The third-order valence-corrected chi connectivity index (χ3v) is 14.2. The van der Waals surface area contributed by atoms with Crippen LogP contribution in [0, 0.1) is 6.92 Å². The molecular formula is C75H114. The van der Waals surface area contributed by atoms with E-state index in [9.17, 15) is 0 Å². The van der Waals surface area contributed by atoms with E-state index in [2.05, 4.69) is 342 Å². The van der Waals surface area contributed by atoms with E-state index in [1.54, 1.807) is 0 Å². The maximum atomic E-state index is 2.34. The Bertz CT molecular complexity index is 2550. The first-order valence-corrected chi connectivity index (χ1v) is 28.4. The molecular weight excluding hydrogens is 901 g/mol. The van der Waals surface area contributed by atoms with Gasteiger partial charge in [0, 0.05) is 0 Å². The molecule has 6 rings (SSSR count). The molecule has 0 saturated carbocycles. The van der Waals surface area contributed by atoms with Crippen LogP contribution >= 0.6 is 0 Å². The maximum Gasteiger partial charge on any atom is -0.0129 e. The molecule has 0 bridgehead atoms. The Labute approximate surface area is 465 Å². The summed E-state index contributed by atoms with van der Waals surface area (Å²) in [6.45, 7) is 70.1. The van der Waals surface area contributed by atoms with Gasteiger partial charge in [-0.3, -0.25) is 0 Å². The number of rotatable bonds is 0. The third kappa shape index (κ3) is 21.5. The summed E-state index contributed by atoms with van der Waals surface area (Å²) >= 11 is 0. The van der Waals surface area contributed by atoms with Crippen molar-refractivity contribution in [2.45, 2.75) is 269 Å². The fraction of sp³-hybridized carbons (Fsp3) is 0.547. The molecule has 0 saturated heterocycles. The summed E-state index contributed by atoms with van der Waals surface area (Å²) < 4.78 is 0.